The summed E-state index contributed by atoms with van der Waals surface area (Å²) in [4.78, 5) is 25.2. The van der Waals surface area contributed by atoms with Gasteiger partial charge in [-0.3, -0.25) is 14.5 Å². The van der Waals surface area contributed by atoms with Gasteiger partial charge in [0, 0.05) is 18.3 Å². The standard InChI is InChI=1S/C14H19N3O2/c1-10(18)15-11-5-3-6-12(9-11)16-14(19)13-7-4-8-17(13)2/h3,5-6,9,13H,4,7-8H2,1-2H3,(H,15,18)(H,16,19). The number of rotatable bonds is 3. The molecule has 1 heterocycles. The van der Waals surface area contributed by atoms with Crippen LogP contribution in [0.25, 0.3) is 0 Å². The van der Waals surface area contributed by atoms with Gasteiger partial charge in [0.15, 0.2) is 0 Å². The van der Waals surface area contributed by atoms with Crippen molar-refractivity contribution in [2.75, 3.05) is 24.2 Å². The van der Waals surface area contributed by atoms with E-state index in [0.29, 0.717) is 11.4 Å². The van der Waals surface area contributed by atoms with Crippen molar-refractivity contribution < 1.29 is 9.59 Å². The van der Waals surface area contributed by atoms with E-state index in [1.807, 2.05) is 13.1 Å². The molecule has 1 atom stereocenters. The van der Waals surface area contributed by atoms with Crippen molar-refractivity contribution in [1.82, 2.24) is 4.90 Å². The van der Waals surface area contributed by atoms with Crippen LogP contribution in [0.15, 0.2) is 24.3 Å². The van der Waals surface area contributed by atoms with E-state index in [4.69, 9.17) is 0 Å². The molecule has 1 aliphatic rings. The summed E-state index contributed by atoms with van der Waals surface area (Å²) >= 11 is 0. The molecule has 1 aromatic rings. The number of hydrogen-bond donors (Lipinski definition) is 2. The third kappa shape index (κ3) is 3.54. The lowest BCUT2D eigenvalue weighted by Crippen LogP contribution is -2.37. The molecule has 5 nitrogen and oxygen atoms in total. The molecule has 1 fully saturated rings. The summed E-state index contributed by atoms with van der Waals surface area (Å²) in [6.45, 7) is 2.42. The number of hydrogen-bond acceptors (Lipinski definition) is 3. The van der Waals surface area contributed by atoms with Gasteiger partial charge in [-0.25, -0.2) is 0 Å². The van der Waals surface area contributed by atoms with Gasteiger partial charge in [0.05, 0.1) is 6.04 Å². The second kappa shape index (κ2) is 5.84. The summed E-state index contributed by atoms with van der Waals surface area (Å²) in [6.07, 6.45) is 1.95. The fourth-order valence-electron chi connectivity index (χ4n) is 2.35. The largest absolute Gasteiger partial charge is 0.326 e. The average Bonchev–Trinajstić information content (AvgIpc) is 2.75. The Hall–Kier alpha value is -1.88. The van der Waals surface area contributed by atoms with Gasteiger partial charge >= 0.3 is 0 Å². The first-order valence-corrected chi connectivity index (χ1v) is 6.45. The molecule has 2 rings (SSSR count). The first-order valence-electron chi connectivity index (χ1n) is 6.45. The van der Waals surface area contributed by atoms with Crippen molar-refractivity contribution in [3.8, 4) is 0 Å². The van der Waals surface area contributed by atoms with E-state index in [1.54, 1.807) is 18.2 Å². The molecule has 0 aromatic heterocycles. The number of carbonyl (C=O) groups is 2. The SMILES string of the molecule is CC(=O)Nc1cccc(NC(=O)C2CCCN2C)c1. The Bertz CT molecular complexity index is 487. The van der Waals surface area contributed by atoms with E-state index in [2.05, 4.69) is 15.5 Å². The number of anilines is 2. The van der Waals surface area contributed by atoms with Crippen molar-refractivity contribution in [2.45, 2.75) is 25.8 Å². The van der Waals surface area contributed by atoms with Crippen LogP contribution in [0.1, 0.15) is 19.8 Å². The van der Waals surface area contributed by atoms with E-state index < -0.39 is 0 Å². The summed E-state index contributed by atoms with van der Waals surface area (Å²) < 4.78 is 0. The molecule has 1 unspecified atom stereocenters. The molecule has 1 saturated heterocycles. The highest BCUT2D eigenvalue weighted by atomic mass is 16.2. The van der Waals surface area contributed by atoms with Crippen molar-refractivity contribution in [1.29, 1.82) is 0 Å². The van der Waals surface area contributed by atoms with Gasteiger partial charge < -0.3 is 10.6 Å². The lowest BCUT2D eigenvalue weighted by atomic mass is 10.2. The number of amides is 2. The van der Waals surface area contributed by atoms with Gasteiger partial charge in [0.2, 0.25) is 11.8 Å². The van der Waals surface area contributed by atoms with Gasteiger partial charge in [-0.1, -0.05) is 6.07 Å². The number of nitrogens with one attached hydrogen (secondary N) is 2. The second-order valence-electron chi connectivity index (χ2n) is 4.89. The van der Waals surface area contributed by atoms with Gasteiger partial charge in [-0.15, -0.1) is 0 Å². The molecule has 0 bridgehead atoms. The van der Waals surface area contributed by atoms with E-state index in [0.717, 1.165) is 19.4 Å². The summed E-state index contributed by atoms with van der Waals surface area (Å²) in [7, 11) is 1.96. The van der Waals surface area contributed by atoms with E-state index in [1.165, 1.54) is 6.92 Å². The molecule has 1 aliphatic heterocycles. The summed E-state index contributed by atoms with van der Waals surface area (Å²) in [5.41, 5.74) is 1.39. The zero-order valence-electron chi connectivity index (χ0n) is 11.3. The van der Waals surface area contributed by atoms with Crippen LogP contribution in [0.4, 0.5) is 11.4 Å². The van der Waals surface area contributed by atoms with Crippen LogP contribution in [-0.2, 0) is 9.59 Å². The number of likely N-dealkylation sites (N-methyl/N-ethyl adjacent to an activating group) is 1. The van der Waals surface area contributed by atoms with Crippen molar-refractivity contribution >= 4 is 23.2 Å². The van der Waals surface area contributed by atoms with E-state index in [9.17, 15) is 9.59 Å². The molecule has 102 valence electrons. The molecular formula is C14H19N3O2. The normalized spacial score (nSPS) is 19.2. The van der Waals surface area contributed by atoms with Crippen LogP contribution < -0.4 is 10.6 Å². The Balaban J connectivity index is 2.02. The molecule has 0 saturated carbocycles. The molecule has 0 radical (unpaired) electrons. The molecule has 0 spiro atoms. The second-order valence-corrected chi connectivity index (χ2v) is 4.89. The zero-order chi connectivity index (χ0) is 13.8. The Morgan fingerprint density at radius 3 is 2.53 bits per heavy atom. The van der Waals surface area contributed by atoms with Crippen LogP contribution in [0.2, 0.25) is 0 Å². The predicted octanol–water partition coefficient (Wildman–Crippen LogP) is 1.68. The first-order chi connectivity index (χ1) is 9.06. The van der Waals surface area contributed by atoms with Crippen LogP contribution >= 0.6 is 0 Å². The smallest absolute Gasteiger partial charge is 0.241 e. The minimum atomic E-state index is -0.126. The maximum atomic E-state index is 12.1. The Kier molecular flexibility index (Phi) is 4.16. The number of nitrogens with zero attached hydrogens (tertiary/aromatic N) is 1. The van der Waals surface area contributed by atoms with E-state index in [-0.39, 0.29) is 17.9 Å². The monoisotopic (exact) mass is 261 g/mol. The quantitative estimate of drug-likeness (QED) is 0.870. The van der Waals surface area contributed by atoms with E-state index >= 15 is 0 Å². The topological polar surface area (TPSA) is 61.4 Å². The lowest BCUT2D eigenvalue weighted by Gasteiger charge is -2.18. The zero-order valence-corrected chi connectivity index (χ0v) is 11.3. The number of likely N-dealkylation sites (tertiary alicyclic amines) is 1. The van der Waals surface area contributed by atoms with Gasteiger partial charge in [-0.2, -0.15) is 0 Å². The first kappa shape index (κ1) is 13.5. The predicted molar refractivity (Wildman–Crippen MR) is 75.0 cm³/mol. The maximum Gasteiger partial charge on any atom is 0.241 e. The Morgan fingerprint density at radius 2 is 1.95 bits per heavy atom. The highest BCUT2D eigenvalue weighted by Gasteiger charge is 2.27. The molecule has 19 heavy (non-hydrogen) atoms. The van der Waals surface area contributed by atoms with Crippen LogP contribution in [0.3, 0.4) is 0 Å². The lowest BCUT2D eigenvalue weighted by molar-refractivity contribution is -0.120. The summed E-state index contributed by atoms with van der Waals surface area (Å²) in [5.74, 6) is -0.112. The molecule has 5 heteroatoms. The highest BCUT2D eigenvalue weighted by molar-refractivity contribution is 5.96. The fraction of sp³-hybridized carbons (Fsp3) is 0.429. The van der Waals surface area contributed by atoms with Crippen LogP contribution in [-0.4, -0.2) is 36.3 Å². The van der Waals surface area contributed by atoms with Gasteiger partial charge in [0.25, 0.3) is 0 Å². The van der Waals surface area contributed by atoms with Crippen LogP contribution in [0.5, 0.6) is 0 Å². The third-order valence-electron chi connectivity index (χ3n) is 3.27. The Labute approximate surface area is 113 Å². The number of carbonyl (C=O) groups excluding carboxylic acids is 2. The number of benzene rings is 1. The molecular weight excluding hydrogens is 242 g/mol. The average molecular weight is 261 g/mol. The summed E-state index contributed by atoms with van der Waals surface area (Å²) in [6, 6.07) is 7.12. The van der Waals surface area contributed by atoms with Crippen LogP contribution in [0, 0.1) is 0 Å². The van der Waals surface area contributed by atoms with Crippen molar-refractivity contribution in [3.63, 3.8) is 0 Å². The highest BCUT2D eigenvalue weighted by Crippen LogP contribution is 2.19. The van der Waals surface area contributed by atoms with Crippen molar-refractivity contribution in [3.05, 3.63) is 24.3 Å². The third-order valence-corrected chi connectivity index (χ3v) is 3.27. The van der Waals surface area contributed by atoms with Crippen molar-refractivity contribution in [2.24, 2.45) is 0 Å². The summed E-state index contributed by atoms with van der Waals surface area (Å²) in [5, 5.41) is 5.59. The minimum absolute atomic E-state index is 0.0139. The van der Waals surface area contributed by atoms with Gasteiger partial charge in [-0.05, 0) is 44.6 Å². The molecule has 0 aliphatic carbocycles. The minimum Gasteiger partial charge on any atom is -0.326 e. The fourth-order valence-corrected chi connectivity index (χ4v) is 2.35. The Morgan fingerprint density at radius 1 is 1.26 bits per heavy atom. The molecule has 2 N–H and O–H groups in total. The van der Waals surface area contributed by atoms with Gasteiger partial charge in [0.1, 0.15) is 0 Å². The molecule has 1 aromatic carbocycles. The molecule has 2 amide bonds. The maximum absolute atomic E-state index is 12.1.